The average molecular weight is 507 g/mol. The molecule has 0 bridgehead atoms. The van der Waals surface area contributed by atoms with E-state index in [-0.39, 0.29) is 57.8 Å². The number of allylic oxidation sites excluding steroid dienone is 6. The standard InChI is InChI=1S/C30H34O7/c1-16(2)7-6-8-18(5)10-12-19-20(13-14-22(31)26(19)34)30-28(36)27(35)25-24(33)15-23(32)21(29(25)37-30)11-9-17(3)4/h7,9-10,13-15,31-34,36H,6,8,11-12H2,1-5H3/b18-10+. The van der Waals surface area contributed by atoms with E-state index >= 15 is 0 Å². The smallest absolute Gasteiger partial charge is 0.238 e. The molecule has 1 heterocycles. The Labute approximate surface area is 216 Å². The highest BCUT2D eigenvalue weighted by atomic mass is 16.4. The zero-order valence-corrected chi connectivity index (χ0v) is 21.8. The van der Waals surface area contributed by atoms with Crippen molar-refractivity contribution in [2.75, 3.05) is 0 Å². The minimum absolute atomic E-state index is 0.0697. The van der Waals surface area contributed by atoms with Gasteiger partial charge in [-0.1, -0.05) is 34.9 Å². The first kappa shape index (κ1) is 27.5. The molecule has 0 aliphatic heterocycles. The first-order valence-corrected chi connectivity index (χ1v) is 12.1. The lowest BCUT2D eigenvalue weighted by Crippen LogP contribution is -2.05. The molecule has 0 aliphatic carbocycles. The number of phenols is 4. The van der Waals surface area contributed by atoms with Crippen molar-refractivity contribution >= 4 is 11.0 Å². The normalized spacial score (nSPS) is 11.5. The summed E-state index contributed by atoms with van der Waals surface area (Å²) < 4.78 is 6.00. The number of fused-ring (bicyclic) bond motifs is 1. The van der Waals surface area contributed by atoms with E-state index in [0.717, 1.165) is 30.1 Å². The molecule has 0 atom stereocenters. The predicted molar refractivity (Wildman–Crippen MR) is 146 cm³/mol. The zero-order valence-electron chi connectivity index (χ0n) is 21.8. The molecule has 3 rings (SSSR count). The third-order valence-electron chi connectivity index (χ3n) is 6.17. The van der Waals surface area contributed by atoms with Gasteiger partial charge in [0.1, 0.15) is 22.5 Å². The summed E-state index contributed by atoms with van der Waals surface area (Å²) in [7, 11) is 0. The molecule has 7 nitrogen and oxygen atoms in total. The summed E-state index contributed by atoms with van der Waals surface area (Å²) in [6.07, 6.45) is 7.97. The molecular weight excluding hydrogens is 472 g/mol. The zero-order chi connectivity index (χ0) is 27.4. The van der Waals surface area contributed by atoms with Crippen LogP contribution in [0.3, 0.4) is 0 Å². The van der Waals surface area contributed by atoms with Crippen molar-refractivity contribution in [2.45, 2.75) is 60.3 Å². The van der Waals surface area contributed by atoms with Crippen molar-refractivity contribution in [2.24, 2.45) is 0 Å². The van der Waals surface area contributed by atoms with Crippen LogP contribution in [0.2, 0.25) is 0 Å². The maximum absolute atomic E-state index is 13.2. The minimum Gasteiger partial charge on any atom is -0.507 e. The second-order valence-electron chi connectivity index (χ2n) is 9.73. The number of phenolic OH excluding ortho intramolecular Hbond substituents is 4. The lowest BCUT2D eigenvalue weighted by molar-refractivity contribution is 0.400. The Morgan fingerprint density at radius 3 is 2.08 bits per heavy atom. The van der Waals surface area contributed by atoms with Gasteiger partial charge in [-0.25, -0.2) is 0 Å². The molecule has 0 fully saturated rings. The highest BCUT2D eigenvalue weighted by molar-refractivity contribution is 5.91. The lowest BCUT2D eigenvalue weighted by Gasteiger charge is -2.15. The van der Waals surface area contributed by atoms with Crippen LogP contribution in [0.25, 0.3) is 22.3 Å². The van der Waals surface area contributed by atoms with E-state index in [4.69, 9.17) is 4.42 Å². The van der Waals surface area contributed by atoms with Crippen molar-refractivity contribution in [3.8, 4) is 40.1 Å². The average Bonchev–Trinajstić information content (AvgIpc) is 2.81. The molecule has 0 aliphatic rings. The quantitative estimate of drug-likeness (QED) is 0.169. The Balaban J connectivity index is 2.23. The molecule has 0 amide bonds. The number of rotatable bonds is 8. The molecular formula is C30H34O7. The Morgan fingerprint density at radius 1 is 0.784 bits per heavy atom. The number of hydrogen-bond acceptors (Lipinski definition) is 7. The molecule has 5 N–H and O–H groups in total. The molecule has 7 heteroatoms. The molecule has 196 valence electrons. The summed E-state index contributed by atoms with van der Waals surface area (Å²) in [6, 6.07) is 3.74. The fourth-order valence-electron chi connectivity index (χ4n) is 4.07. The Kier molecular flexibility index (Phi) is 8.38. The van der Waals surface area contributed by atoms with E-state index in [1.807, 2.05) is 46.8 Å². The molecule has 37 heavy (non-hydrogen) atoms. The van der Waals surface area contributed by atoms with E-state index in [9.17, 15) is 30.3 Å². The fourth-order valence-corrected chi connectivity index (χ4v) is 4.07. The summed E-state index contributed by atoms with van der Waals surface area (Å²) in [6.45, 7) is 9.80. The number of hydrogen-bond donors (Lipinski definition) is 5. The molecule has 0 spiro atoms. The SMILES string of the molecule is CC(C)=CCC/C(C)=C/Cc1c(-c2oc3c(CC=C(C)C)c(O)cc(O)c3c(=O)c2O)ccc(O)c1O. The van der Waals surface area contributed by atoms with Gasteiger partial charge in [0.05, 0.1) is 0 Å². The van der Waals surface area contributed by atoms with Crippen molar-refractivity contribution in [1.82, 2.24) is 0 Å². The van der Waals surface area contributed by atoms with Crippen LogP contribution in [0.5, 0.6) is 28.7 Å². The molecule has 2 aromatic carbocycles. The second kappa shape index (κ2) is 11.3. The van der Waals surface area contributed by atoms with E-state index in [1.165, 1.54) is 17.7 Å². The van der Waals surface area contributed by atoms with Crippen molar-refractivity contribution in [3.63, 3.8) is 0 Å². The number of benzene rings is 2. The van der Waals surface area contributed by atoms with Gasteiger partial charge in [0.25, 0.3) is 0 Å². The summed E-state index contributed by atoms with van der Waals surface area (Å²) in [5.41, 5.74) is 3.05. The molecule has 0 radical (unpaired) electrons. The number of aromatic hydroxyl groups is 5. The van der Waals surface area contributed by atoms with Gasteiger partial charge in [-0.2, -0.15) is 0 Å². The minimum atomic E-state index is -0.876. The monoisotopic (exact) mass is 506 g/mol. The maximum atomic E-state index is 13.2. The van der Waals surface area contributed by atoms with Gasteiger partial charge in [-0.15, -0.1) is 0 Å². The molecule has 0 unspecified atom stereocenters. The summed E-state index contributed by atoms with van der Waals surface area (Å²) >= 11 is 0. The van der Waals surface area contributed by atoms with Gasteiger partial charge in [0, 0.05) is 22.8 Å². The summed E-state index contributed by atoms with van der Waals surface area (Å²) in [4.78, 5) is 13.2. The Hall–Kier alpha value is -4.13. The third-order valence-corrected chi connectivity index (χ3v) is 6.17. The van der Waals surface area contributed by atoms with Gasteiger partial charge in [-0.3, -0.25) is 4.79 Å². The predicted octanol–water partition coefficient (Wildman–Crippen LogP) is 6.73. The van der Waals surface area contributed by atoms with Crippen LogP contribution < -0.4 is 5.43 Å². The highest BCUT2D eigenvalue weighted by Gasteiger charge is 2.25. The topological polar surface area (TPSA) is 131 Å². The van der Waals surface area contributed by atoms with E-state index in [2.05, 4.69) is 6.08 Å². The van der Waals surface area contributed by atoms with Crippen molar-refractivity contribution in [3.05, 3.63) is 74.5 Å². The van der Waals surface area contributed by atoms with Crippen LogP contribution in [-0.2, 0) is 12.8 Å². The summed E-state index contributed by atoms with van der Waals surface area (Å²) in [5.74, 6) is -2.51. The third kappa shape index (κ3) is 6.00. The van der Waals surface area contributed by atoms with E-state index in [0.29, 0.717) is 0 Å². The molecule has 0 saturated carbocycles. The van der Waals surface area contributed by atoms with Crippen LogP contribution >= 0.6 is 0 Å². The maximum Gasteiger partial charge on any atom is 0.238 e. The van der Waals surface area contributed by atoms with Crippen LogP contribution in [0, 0.1) is 0 Å². The van der Waals surface area contributed by atoms with Gasteiger partial charge < -0.3 is 29.9 Å². The van der Waals surface area contributed by atoms with E-state index < -0.39 is 22.7 Å². The second-order valence-corrected chi connectivity index (χ2v) is 9.73. The van der Waals surface area contributed by atoms with Crippen LogP contribution in [0.1, 0.15) is 58.6 Å². The Morgan fingerprint density at radius 2 is 1.43 bits per heavy atom. The summed E-state index contributed by atoms with van der Waals surface area (Å²) in [5, 5.41) is 52.3. The Bertz CT molecular complexity index is 1480. The van der Waals surface area contributed by atoms with Crippen molar-refractivity contribution in [1.29, 1.82) is 0 Å². The van der Waals surface area contributed by atoms with Gasteiger partial charge in [-0.05, 0) is 72.4 Å². The fraction of sp³-hybridized carbons (Fsp3) is 0.300. The van der Waals surface area contributed by atoms with Crippen LogP contribution in [0.4, 0.5) is 0 Å². The molecule has 0 saturated heterocycles. The highest BCUT2D eigenvalue weighted by Crippen LogP contribution is 2.43. The van der Waals surface area contributed by atoms with E-state index in [1.54, 1.807) is 0 Å². The molecule has 3 aromatic rings. The van der Waals surface area contributed by atoms with Gasteiger partial charge >= 0.3 is 0 Å². The van der Waals surface area contributed by atoms with Gasteiger partial charge in [0.15, 0.2) is 17.3 Å². The molecule has 1 aromatic heterocycles. The first-order chi connectivity index (χ1) is 17.4. The van der Waals surface area contributed by atoms with Crippen LogP contribution in [-0.4, -0.2) is 25.5 Å². The van der Waals surface area contributed by atoms with Gasteiger partial charge in [0.2, 0.25) is 11.2 Å². The first-order valence-electron chi connectivity index (χ1n) is 12.1. The van der Waals surface area contributed by atoms with Crippen molar-refractivity contribution < 1.29 is 29.9 Å². The largest absolute Gasteiger partial charge is 0.507 e. The lowest BCUT2D eigenvalue weighted by atomic mass is 9.97. The van der Waals surface area contributed by atoms with Crippen LogP contribution in [0.15, 0.2) is 62.4 Å².